The number of hydrogen-bond acceptors (Lipinski definition) is 5. The first-order valence-corrected chi connectivity index (χ1v) is 7.99. The molecule has 0 spiro atoms. The second-order valence-corrected chi connectivity index (χ2v) is 6.02. The van der Waals surface area contributed by atoms with Gasteiger partial charge < -0.3 is 10.6 Å². The molecule has 23 heavy (non-hydrogen) atoms. The van der Waals surface area contributed by atoms with Gasteiger partial charge in [-0.2, -0.15) is 0 Å². The fourth-order valence-corrected chi connectivity index (χ4v) is 3.00. The highest BCUT2D eigenvalue weighted by atomic mass is 35.5. The maximum atomic E-state index is 13.0. The quantitative estimate of drug-likeness (QED) is 0.934. The van der Waals surface area contributed by atoms with Gasteiger partial charge >= 0.3 is 0 Å². The van der Waals surface area contributed by atoms with E-state index in [0.717, 1.165) is 44.7 Å². The Hall–Kier alpha value is -1.92. The molecule has 0 amide bonds. The minimum Gasteiger partial charge on any atom is -0.382 e. The minimum atomic E-state index is -0.202. The van der Waals surface area contributed by atoms with E-state index in [0.29, 0.717) is 16.7 Å². The lowest BCUT2D eigenvalue weighted by atomic mass is 10.2. The van der Waals surface area contributed by atoms with E-state index in [4.69, 9.17) is 17.3 Å². The largest absolute Gasteiger partial charge is 0.382 e. The standard InChI is InChI=1S/C16H19ClFN5/c17-14-15(19)20-11-21-16(14)23-7-1-6-22(8-9-23)10-12-2-4-13(18)5-3-12/h2-5,11H,1,6-10H2,(H2,19,20,21). The molecule has 1 fully saturated rings. The van der Waals surface area contributed by atoms with Crippen LogP contribution >= 0.6 is 11.6 Å². The van der Waals surface area contributed by atoms with Crippen LogP contribution in [0.4, 0.5) is 16.0 Å². The lowest BCUT2D eigenvalue weighted by Crippen LogP contribution is -2.31. The van der Waals surface area contributed by atoms with Crippen molar-refractivity contribution in [2.75, 3.05) is 36.8 Å². The van der Waals surface area contributed by atoms with Crippen LogP contribution in [-0.4, -0.2) is 41.0 Å². The monoisotopic (exact) mass is 335 g/mol. The number of halogens is 2. The molecule has 122 valence electrons. The Kier molecular flexibility index (Phi) is 4.93. The molecule has 1 aromatic heterocycles. The van der Waals surface area contributed by atoms with Crippen LogP contribution in [0.3, 0.4) is 0 Å². The van der Waals surface area contributed by atoms with Gasteiger partial charge in [-0.3, -0.25) is 4.90 Å². The summed E-state index contributed by atoms with van der Waals surface area (Å²) in [5.41, 5.74) is 6.87. The molecule has 0 aliphatic carbocycles. The smallest absolute Gasteiger partial charge is 0.153 e. The zero-order chi connectivity index (χ0) is 16.2. The van der Waals surface area contributed by atoms with Gasteiger partial charge in [0.2, 0.25) is 0 Å². The molecule has 2 heterocycles. The summed E-state index contributed by atoms with van der Waals surface area (Å²) in [5, 5.41) is 0.416. The van der Waals surface area contributed by atoms with Crippen LogP contribution in [0, 0.1) is 5.82 Å². The van der Waals surface area contributed by atoms with Crippen molar-refractivity contribution in [1.82, 2.24) is 14.9 Å². The van der Waals surface area contributed by atoms with Crippen molar-refractivity contribution in [3.8, 4) is 0 Å². The van der Waals surface area contributed by atoms with Crippen LogP contribution in [0.25, 0.3) is 0 Å². The average Bonchev–Trinajstić information content (AvgIpc) is 2.78. The normalized spacial score (nSPS) is 16.3. The molecule has 1 aromatic carbocycles. The van der Waals surface area contributed by atoms with Gasteiger partial charge in [0.25, 0.3) is 0 Å². The number of rotatable bonds is 3. The Morgan fingerprint density at radius 1 is 1.09 bits per heavy atom. The highest BCUT2D eigenvalue weighted by molar-refractivity contribution is 6.35. The van der Waals surface area contributed by atoms with Gasteiger partial charge in [-0.1, -0.05) is 23.7 Å². The molecule has 0 unspecified atom stereocenters. The SMILES string of the molecule is Nc1ncnc(N2CCCN(Cc3ccc(F)cc3)CC2)c1Cl. The van der Waals surface area contributed by atoms with Crippen molar-refractivity contribution in [3.05, 3.63) is 47.0 Å². The summed E-state index contributed by atoms with van der Waals surface area (Å²) in [4.78, 5) is 12.7. The summed E-state index contributed by atoms with van der Waals surface area (Å²) < 4.78 is 13.0. The second-order valence-electron chi connectivity index (χ2n) is 5.64. The van der Waals surface area contributed by atoms with E-state index in [9.17, 15) is 4.39 Å². The molecule has 2 aromatic rings. The Morgan fingerprint density at radius 3 is 2.65 bits per heavy atom. The molecule has 2 N–H and O–H groups in total. The van der Waals surface area contributed by atoms with E-state index >= 15 is 0 Å². The zero-order valence-electron chi connectivity index (χ0n) is 12.8. The molecule has 0 atom stereocenters. The number of nitrogens with two attached hydrogens (primary N) is 1. The van der Waals surface area contributed by atoms with Crippen molar-refractivity contribution in [3.63, 3.8) is 0 Å². The summed E-state index contributed by atoms with van der Waals surface area (Å²) in [6.45, 7) is 4.37. The number of aromatic nitrogens is 2. The predicted octanol–water partition coefficient (Wildman–Crippen LogP) is 2.56. The van der Waals surface area contributed by atoms with E-state index in [1.54, 1.807) is 0 Å². The highest BCUT2D eigenvalue weighted by Crippen LogP contribution is 2.27. The number of hydrogen-bond donors (Lipinski definition) is 1. The number of benzene rings is 1. The first-order valence-electron chi connectivity index (χ1n) is 7.61. The summed E-state index contributed by atoms with van der Waals surface area (Å²) in [7, 11) is 0. The maximum absolute atomic E-state index is 13.0. The van der Waals surface area contributed by atoms with E-state index in [2.05, 4.69) is 19.8 Å². The fourth-order valence-electron chi connectivity index (χ4n) is 2.78. The number of anilines is 2. The summed E-state index contributed by atoms with van der Waals surface area (Å²) >= 11 is 6.22. The van der Waals surface area contributed by atoms with E-state index in [1.165, 1.54) is 18.5 Å². The van der Waals surface area contributed by atoms with Crippen LogP contribution in [-0.2, 0) is 6.54 Å². The van der Waals surface area contributed by atoms with Gasteiger partial charge in [0.1, 0.15) is 23.0 Å². The first-order chi connectivity index (χ1) is 11.1. The van der Waals surface area contributed by atoms with Gasteiger partial charge in [-0.15, -0.1) is 0 Å². The van der Waals surface area contributed by atoms with Crippen LogP contribution < -0.4 is 10.6 Å². The molecule has 0 radical (unpaired) electrons. The topological polar surface area (TPSA) is 58.3 Å². The molecule has 1 saturated heterocycles. The van der Waals surface area contributed by atoms with Gasteiger partial charge in [-0.25, -0.2) is 14.4 Å². The molecule has 1 aliphatic heterocycles. The molecule has 0 bridgehead atoms. The second kappa shape index (κ2) is 7.10. The van der Waals surface area contributed by atoms with Crippen molar-refractivity contribution in [2.24, 2.45) is 0 Å². The Balaban J connectivity index is 1.65. The molecule has 1 aliphatic rings. The Morgan fingerprint density at radius 2 is 1.87 bits per heavy atom. The third-order valence-electron chi connectivity index (χ3n) is 4.01. The molecule has 5 nitrogen and oxygen atoms in total. The van der Waals surface area contributed by atoms with Crippen molar-refractivity contribution in [1.29, 1.82) is 0 Å². The highest BCUT2D eigenvalue weighted by Gasteiger charge is 2.19. The minimum absolute atomic E-state index is 0.202. The van der Waals surface area contributed by atoms with Crippen LogP contribution in [0.1, 0.15) is 12.0 Å². The lowest BCUT2D eigenvalue weighted by Gasteiger charge is -2.23. The molecular weight excluding hydrogens is 317 g/mol. The molecular formula is C16H19ClFN5. The van der Waals surface area contributed by atoms with Gasteiger partial charge in [0, 0.05) is 32.7 Å². The third kappa shape index (κ3) is 3.89. The number of nitrogens with zero attached hydrogens (tertiary/aromatic N) is 4. The number of nitrogen functional groups attached to an aromatic ring is 1. The zero-order valence-corrected chi connectivity index (χ0v) is 13.5. The van der Waals surface area contributed by atoms with Gasteiger partial charge in [0.15, 0.2) is 5.82 Å². The summed E-state index contributed by atoms with van der Waals surface area (Å²) in [6.07, 6.45) is 2.44. The summed E-state index contributed by atoms with van der Waals surface area (Å²) in [5.74, 6) is 0.804. The van der Waals surface area contributed by atoms with Crippen molar-refractivity contribution in [2.45, 2.75) is 13.0 Å². The van der Waals surface area contributed by atoms with E-state index in [1.807, 2.05) is 12.1 Å². The van der Waals surface area contributed by atoms with Gasteiger partial charge in [0.05, 0.1) is 0 Å². The van der Waals surface area contributed by atoms with Crippen LogP contribution in [0.2, 0.25) is 5.02 Å². The molecule has 0 saturated carbocycles. The van der Waals surface area contributed by atoms with E-state index < -0.39 is 0 Å². The molecule has 7 heteroatoms. The van der Waals surface area contributed by atoms with Crippen LogP contribution in [0.15, 0.2) is 30.6 Å². The summed E-state index contributed by atoms with van der Waals surface area (Å²) in [6, 6.07) is 6.67. The van der Waals surface area contributed by atoms with Crippen molar-refractivity contribution >= 4 is 23.2 Å². The molecule has 3 rings (SSSR count). The van der Waals surface area contributed by atoms with E-state index in [-0.39, 0.29) is 5.82 Å². The van der Waals surface area contributed by atoms with Gasteiger partial charge in [-0.05, 0) is 24.1 Å². The fraction of sp³-hybridized carbons (Fsp3) is 0.375. The van der Waals surface area contributed by atoms with Crippen LogP contribution in [0.5, 0.6) is 0 Å². The Labute approximate surface area is 139 Å². The predicted molar refractivity (Wildman–Crippen MR) is 90.0 cm³/mol. The average molecular weight is 336 g/mol. The third-order valence-corrected chi connectivity index (χ3v) is 4.37. The maximum Gasteiger partial charge on any atom is 0.153 e. The lowest BCUT2D eigenvalue weighted by molar-refractivity contribution is 0.285. The first kappa shape index (κ1) is 16.0. The van der Waals surface area contributed by atoms with Crippen molar-refractivity contribution < 1.29 is 4.39 Å². The Bertz CT molecular complexity index is 664.